The van der Waals surface area contributed by atoms with E-state index in [4.69, 9.17) is 23.8 Å². The summed E-state index contributed by atoms with van der Waals surface area (Å²) in [6.45, 7) is 1.35. The van der Waals surface area contributed by atoms with Crippen LogP contribution in [0.15, 0.2) is 48.5 Å². The zero-order valence-corrected chi connectivity index (χ0v) is 15.6. The predicted octanol–water partition coefficient (Wildman–Crippen LogP) is 4.07. The third kappa shape index (κ3) is 4.71. The van der Waals surface area contributed by atoms with Crippen molar-refractivity contribution in [3.05, 3.63) is 64.9 Å². The molecule has 136 valence electrons. The molecule has 0 atom stereocenters. The number of rotatable bonds is 3. The fourth-order valence-corrected chi connectivity index (χ4v) is 3.38. The highest BCUT2D eigenvalue weighted by molar-refractivity contribution is 7.80. The lowest BCUT2D eigenvalue weighted by Gasteiger charge is -2.33. The SMILES string of the molecule is O=C(c1ccccc1)N1CCC(NC(=S)Nc2ccc(F)c(Cl)c2)CC1. The van der Waals surface area contributed by atoms with Gasteiger partial charge in [0.15, 0.2) is 5.11 Å². The summed E-state index contributed by atoms with van der Waals surface area (Å²) in [7, 11) is 0. The minimum atomic E-state index is -0.466. The van der Waals surface area contributed by atoms with Crippen LogP contribution in [0.25, 0.3) is 0 Å². The number of thiocarbonyl (C=S) groups is 1. The molecule has 1 aliphatic heterocycles. The van der Waals surface area contributed by atoms with E-state index in [1.165, 1.54) is 12.1 Å². The number of nitrogens with zero attached hydrogens (tertiary/aromatic N) is 1. The van der Waals surface area contributed by atoms with Crippen LogP contribution in [0.5, 0.6) is 0 Å². The summed E-state index contributed by atoms with van der Waals surface area (Å²) >= 11 is 11.1. The Morgan fingerprint density at radius 2 is 1.85 bits per heavy atom. The molecule has 2 aromatic carbocycles. The van der Waals surface area contributed by atoms with Gasteiger partial charge in [0.05, 0.1) is 5.02 Å². The van der Waals surface area contributed by atoms with Crippen LogP contribution in [0.3, 0.4) is 0 Å². The van der Waals surface area contributed by atoms with Crippen LogP contribution in [-0.4, -0.2) is 35.1 Å². The van der Waals surface area contributed by atoms with Crippen LogP contribution >= 0.6 is 23.8 Å². The number of amides is 1. The van der Waals surface area contributed by atoms with E-state index in [1.807, 2.05) is 35.2 Å². The van der Waals surface area contributed by atoms with Gasteiger partial charge in [0.1, 0.15) is 5.82 Å². The molecule has 1 aliphatic rings. The number of carbonyl (C=O) groups excluding carboxylic acids is 1. The fourth-order valence-electron chi connectivity index (χ4n) is 2.92. The quantitative estimate of drug-likeness (QED) is 0.774. The molecule has 0 bridgehead atoms. The number of piperidine rings is 1. The van der Waals surface area contributed by atoms with Gasteiger partial charge >= 0.3 is 0 Å². The number of carbonyl (C=O) groups is 1. The van der Waals surface area contributed by atoms with Crippen molar-refractivity contribution in [3.8, 4) is 0 Å². The third-order valence-corrected chi connectivity index (χ3v) is 4.83. The molecule has 0 aliphatic carbocycles. The van der Waals surface area contributed by atoms with Gasteiger partial charge in [-0.05, 0) is 55.4 Å². The highest BCUT2D eigenvalue weighted by Gasteiger charge is 2.23. The van der Waals surface area contributed by atoms with E-state index in [-0.39, 0.29) is 17.0 Å². The van der Waals surface area contributed by atoms with E-state index in [2.05, 4.69) is 10.6 Å². The van der Waals surface area contributed by atoms with E-state index in [9.17, 15) is 9.18 Å². The molecule has 4 nitrogen and oxygen atoms in total. The summed E-state index contributed by atoms with van der Waals surface area (Å²) in [6, 6.07) is 13.9. The maximum absolute atomic E-state index is 13.2. The second-order valence-corrected chi connectivity index (χ2v) is 6.98. The van der Waals surface area contributed by atoms with Gasteiger partial charge in [-0.15, -0.1) is 0 Å². The van der Waals surface area contributed by atoms with Gasteiger partial charge in [-0.3, -0.25) is 4.79 Å². The lowest BCUT2D eigenvalue weighted by atomic mass is 10.0. The number of hydrogen-bond donors (Lipinski definition) is 2. The maximum atomic E-state index is 13.2. The van der Waals surface area contributed by atoms with Crippen molar-refractivity contribution in [1.82, 2.24) is 10.2 Å². The highest BCUT2D eigenvalue weighted by Crippen LogP contribution is 2.19. The molecule has 7 heteroatoms. The van der Waals surface area contributed by atoms with E-state index in [0.29, 0.717) is 29.5 Å². The number of benzene rings is 2. The molecule has 1 saturated heterocycles. The number of likely N-dealkylation sites (tertiary alicyclic amines) is 1. The number of nitrogens with one attached hydrogen (secondary N) is 2. The summed E-state index contributed by atoms with van der Waals surface area (Å²) in [5, 5.41) is 6.76. The minimum absolute atomic E-state index is 0.0468. The van der Waals surface area contributed by atoms with Crippen molar-refractivity contribution < 1.29 is 9.18 Å². The Hall–Kier alpha value is -2.18. The average Bonchev–Trinajstić information content (AvgIpc) is 2.65. The van der Waals surface area contributed by atoms with Gasteiger partial charge in [-0.2, -0.15) is 0 Å². The molecular formula is C19H19ClFN3OS. The Bertz CT molecular complexity index is 795. The summed E-state index contributed by atoms with van der Waals surface area (Å²) in [6.07, 6.45) is 1.62. The number of halogens is 2. The van der Waals surface area contributed by atoms with E-state index in [0.717, 1.165) is 12.8 Å². The van der Waals surface area contributed by atoms with E-state index in [1.54, 1.807) is 6.07 Å². The zero-order chi connectivity index (χ0) is 18.5. The number of anilines is 1. The maximum Gasteiger partial charge on any atom is 0.253 e. The Morgan fingerprint density at radius 3 is 2.50 bits per heavy atom. The molecule has 0 spiro atoms. The zero-order valence-electron chi connectivity index (χ0n) is 14.0. The first-order chi connectivity index (χ1) is 12.5. The van der Waals surface area contributed by atoms with Gasteiger partial charge in [0.25, 0.3) is 5.91 Å². The first-order valence-corrected chi connectivity index (χ1v) is 9.18. The van der Waals surface area contributed by atoms with Crippen LogP contribution in [0.2, 0.25) is 5.02 Å². The average molecular weight is 392 g/mol. The molecule has 0 unspecified atom stereocenters. The molecule has 2 aromatic rings. The molecule has 0 radical (unpaired) electrons. The highest BCUT2D eigenvalue weighted by atomic mass is 35.5. The molecule has 1 heterocycles. The molecule has 0 saturated carbocycles. The van der Waals surface area contributed by atoms with E-state index < -0.39 is 5.82 Å². The molecule has 2 N–H and O–H groups in total. The smallest absolute Gasteiger partial charge is 0.253 e. The molecule has 26 heavy (non-hydrogen) atoms. The topological polar surface area (TPSA) is 44.4 Å². The van der Waals surface area contributed by atoms with Crippen molar-refractivity contribution in [1.29, 1.82) is 0 Å². The van der Waals surface area contributed by atoms with E-state index >= 15 is 0 Å². The van der Waals surface area contributed by atoms with Crippen LogP contribution in [0, 0.1) is 5.82 Å². The van der Waals surface area contributed by atoms with Gasteiger partial charge < -0.3 is 15.5 Å². The predicted molar refractivity (Wildman–Crippen MR) is 106 cm³/mol. The lowest BCUT2D eigenvalue weighted by Crippen LogP contribution is -2.47. The second-order valence-electron chi connectivity index (χ2n) is 6.16. The largest absolute Gasteiger partial charge is 0.360 e. The van der Waals surface area contributed by atoms with Crippen molar-refractivity contribution in [3.63, 3.8) is 0 Å². The molecule has 3 rings (SSSR count). The summed E-state index contributed by atoms with van der Waals surface area (Å²) in [5.74, 6) is -0.405. The Labute approximate surface area is 162 Å². The molecule has 0 aromatic heterocycles. The van der Waals surface area contributed by atoms with Gasteiger partial charge in [0, 0.05) is 30.4 Å². The lowest BCUT2D eigenvalue weighted by molar-refractivity contribution is 0.0710. The van der Waals surface area contributed by atoms with Crippen molar-refractivity contribution in [2.45, 2.75) is 18.9 Å². The Kier molecular flexibility index (Phi) is 6.06. The third-order valence-electron chi connectivity index (χ3n) is 4.32. The summed E-state index contributed by atoms with van der Waals surface area (Å²) in [5.41, 5.74) is 1.34. The van der Waals surface area contributed by atoms with Gasteiger partial charge in [-0.1, -0.05) is 29.8 Å². The Balaban J connectivity index is 1.48. The van der Waals surface area contributed by atoms with Crippen LogP contribution in [-0.2, 0) is 0 Å². The Morgan fingerprint density at radius 1 is 1.15 bits per heavy atom. The van der Waals surface area contributed by atoms with Crippen molar-refractivity contribution in [2.75, 3.05) is 18.4 Å². The van der Waals surface area contributed by atoms with Crippen molar-refractivity contribution >= 4 is 40.5 Å². The molecule has 1 fully saturated rings. The second kappa shape index (κ2) is 8.47. The number of hydrogen-bond acceptors (Lipinski definition) is 2. The van der Waals surface area contributed by atoms with Crippen molar-refractivity contribution in [2.24, 2.45) is 0 Å². The minimum Gasteiger partial charge on any atom is -0.360 e. The first-order valence-electron chi connectivity index (χ1n) is 8.40. The van der Waals surface area contributed by atoms with Crippen LogP contribution < -0.4 is 10.6 Å². The molecular weight excluding hydrogens is 373 g/mol. The summed E-state index contributed by atoms with van der Waals surface area (Å²) in [4.78, 5) is 14.3. The monoisotopic (exact) mass is 391 g/mol. The first kappa shape index (κ1) is 18.6. The fraction of sp³-hybridized carbons (Fsp3) is 0.263. The standard InChI is InChI=1S/C19H19ClFN3OS/c20-16-12-15(6-7-17(16)21)23-19(26)22-14-8-10-24(11-9-14)18(25)13-4-2-1-3-5-13/h1-7,12,14H,8-11H2,(H2,22,23,26). The summed E-state index contributed by atoms with van der Waals surface area (Å²) < 4.78 is 13.2. The van der Waals surface area contributed by atoms with Crippen LogP contribution in [0.1, 0.15) is 23.2 Å². The normalized spacial score (nSPS) is 14.8. The van der Waals surface area contributed by atoms with Crippen LogP contribution in [0.4, 0.5) is 10.1 Å². The van der Waals surface area contributed by atoms with Gasteiger partial charge in [-0.25, -0.2) is 4.39 Å². The van der Waals surface area contributed by atoms with Gasteiger partial charge in [0.2, 0.25) is 0 Å². The molecule has 1 amide bonds.